The number of amides is 2. The van der Waals surface area contributed by atoms with E-state index in [0.717, 1.165) is 12.8 Å². The van der Waals surface area contributed by atoms with Crippen LogP contribution in [0.1, 0.15) is 51.4 Å². The van der Waals surface area contributed by atoms with Crippen LogP contribution in [0.2, 0.25) is 0 Å². The quantitative estimate of drug-likeness (QED) is 0.583. The zero-order valence-corrected chi connectivity index (χ0v) is 11.8. The Hall–Kier alpha value is -2.05. The molecule has 0 aliphatic heterocycles. The number of aliphatic carboxylic acids is 1. The Morgan fingerprint density at radius 1 is 1.40 bits per heavy atom. The van der Waals surface area contributed by atoms with Gasteiger partial charge in [-0.2, -0.15) is 0 Å². The number of aromatic nitrogens is 2. The molecule has 7 heteroatoms. The molecule has 0 saturated carbocycles. The number of urea groups is 1. The highest BCUT2D eigenvalue weighted by Crippen LogP contribution is 2.11. The zero-order chi connectivity index (χ0) is 15.0. The van der Waals surface area contributed by atoms with Gasteiger partial charge >= 0.3 is 12.0 Å². The van der Waals surface area contributed by atoms with Crippen molar-refractivity contribution in [1.82, 2.24) is 20.6 Å². The first-order chi connectivity index (χ1) is 9.58. The first-order valence-corrected chi connectivity index (χ1v) is 6.87. The molecule has 4 N–H and O–H groups in total. The fraction of sp³-hybridized carbons (Fsp3) is 0.615. The summed E-state index contributed by atoms with van der Waals surface area (Å²) < 4.78 is 0. The van der Waals surface area contributed by atoms with Crippen LogP contribution in [0.15, 0.2) is 12.4 Å². The van der Waals surface area contributed by atoms with E-state index in [1.807, 2.05) is 13.8 Å². The molecule has 0 aromatic carbocycles. The number of carbonyl (C=O) groups is 2. The lowest BCUT2D eigenvalue weighted by molar-refractivity contribution is -0.139. The molecule has 1 unspecified atom stereocenters. The Morgan fingerprint density at radius 3 is 2.65 bits per heavy atom. The summed E-state index contributed by atoms with van der Waals surface area (Å²) in [4.78, 5) is 29.9. The summed E-state index contributed by atoms with van der Waals surface area (Å²) in [7, 11) is 0. The van der Waals surface area contributed by atoms with E-state index in [1.54, 1.807) is 12.4 Å². The first kappa shape index (κ1) is 16.0. The number of unbranched alkanes of at least 4 members (excludes halogenated alkanes) is 1. The third-order valence-corrected chi connectivity index (χ3v) is 3.01. The number of nitrogens with one attached hydrogen (secondary N) is 3. The second-order valence-electron chi connectivity index (χ2n) is 4.59. The molecule has 112 valence electrons. The second kappa shape index (κ2) is 8.19. The fourth-order valence-corrected chi connectivity index (χ4v) is 1.86. The van der Waals surface area contributed by atoms with E-state index in [1.165, 1.54) is 0 Å². The Bertz CT molecular complexity index is 419. The lowest BCUT2D eigenvalue weighted by Crippen LogP contribution is -2.47. The van der Waals surface area contributed by atoms with E-state index in [-0.39, 0.29) is 6.04 Å². The van der Waals surface area contributed by atoms with Gasteiger partial charge in [-0.25, -0.2) is 14.6 Å². The van der Waals surface area contributed by atoms with Crippen molar-refractivity contribution in [3.63, 3.8) is 0 Å². The fourth-order valence-electron chi connectivity index (χ4n) is 1.86. The first-order valence-electron chi connectivity index (χ1n) is 6.87. The molecule has 7 nitrogen and oxygen atoms in total. The third kappa shape index (κ3) is 4.91. The van der Waals surface area contributed by atoms with Gasteiger partial charge in [-0.3, -0.25) is 0 Å². The molecule has 0 bridgehead atoms. The van der Waals surface area contributed by atoms with Gasteiger partial charge in [0, 0.05) is 12.4 Å². The predicted molar refractivity (Wildman–Crippen MR) is 74.2 cm³/mol. The molecule has 1 heterocycles. The second-order valence-corrected chi connectivity index (χ2v) is 4.59. The molecule has 1 rings (SSSR count). The maximum atomic E-state index is 11.9. The topological polar surface area (TPSA) is 107 Å². The number of H-pyrrole nitrogens is 1. The van der Waals surface area contributed by atoms with Gasteiger partial charge in [-0.1, -0.05) is 26.7 Å². The van der Waals surface area contributed by atoms with Crippen LogP contribution in [-0.4, -0.2) is 33.1 Å². The van der Waals surface area contributed by atoms with E-state index in [0.29, 0.717) is 18.7 Å². The van der Waals surface area contributed by atoms with Gasteiger partial charge in [0.2, 0.25) is 0 Å². The lowest BCUT2D eigenvalue weighted by Gasteiger charge is -2.18. The van der Waals surface area contributed by atoms with Crippen LogP contribution >= 0.6 is 0 Å². The van der Waals surface area contributed by atoms with Crippen LogP contribution in [0.5, 0.6) is 0 Å². The van der Waals surface area contributed by atoms with Crippen LogP contribution in [0.25, 0.3) is 0 Å². The summed E-state index contributed by atoms with van der Waals surface area (Å²) >= 11 is 0. The minimum absolute atomic E-state index is 0.259. The number of aromatic amines is 1. The zero-order valence-electron chi connectivity index (χ0n) is 11.8. The van der Waals surface area contributed by atoms with E-state index >= 15 is 0 Å². The number of carboxylic acid groups (broad SMARTS) is 1. The van der Waals surface area contributed by atoms with E-state index in [2.05, 4.69) is 20.6 Å². The lowest BCUT2D eigenvalue weighted by atomic mass is 10.1. The SMILES string of the molecule is CCCC[C@H](NC(=O)NC(CC)c1ncc[nH]1)C(=O)O. The van der Waals surface area contributed by atoms with Crippen molar-refractivity contribution in [3.8, 4) is 0 Å². The third-order valence-electron chi connectivity index (χ3n) is 3.01. The molecule has 20 heavy (non-hydrogen) atoms. The van der Waals surface area contributed by atoms with Crippen molar-refractivity contribution in [2.45, 2.75) is 51.6 Å². The van der Waals surface area contributed by atoms with E-state index < -0.39 is 18.0 Å². The highest BCUT2D eigenvalue weighted by Gasteiger charge is 2.21. The predicted octanol–water partition coefficient (Wildman–Crippen LogP) is 1.80. The molecule has 0 spiro atoms. The van der Waals surface area contributed by atoms with Gasteiger partial charge in [-0.05, 0) is 12.8 Å². The Balaban J connectivity index is 2.53. The maximum Gasteiger partial charge on any atom is 0.326 e. The number of hydrogen-bond donors (Lipinski definition) is 4. The van der Waals surface area contributed by atoms with E-state index in [9.17, 15) is 9.59 Å². The highest BCUT2D eigenvalue weighted by molar-refractivity contribution is 5.82. The van der Waals surface area contributed by atoms with Crippen molar-refractivity contribution in [2.75, 3.05) is 0 Å². The number of imidazole rings is 1. The smallest absolute Gasteiger partial charge is 0.326 e. The van der Waals surface area contributed by atoms with E-state index in [4.69, 9.17) is 5.11 Å². The number of hydrogen-bond acceptors (Lipinski definition) is 3. The summed E-state index contributed by atoms with van der Waals surface area (Å²) in [6.07, 6.45) is 6.02. The number of carboxylic acids is 1. The van der Waals surface area contributed by atoms with Gasteiger partial charge in [0.25, 0.3) is 0 Å². The molecular formula is C13H22N4O3. The van der Waals surface area contributed by atoms with Crippen LogP contribution in [0.4, 0.5) is 4.79 Å². The minimum atomic E-state index is -1.01. The van der Waals surface area contributed by atoms with Crippen LogP contribution in [0, 0.1) is 0 Å². The average molecular weight is 282 g/mol. The van der Waals surface area contributed by atoms with Gasteiger partial charge in [0.1, 0.15) is 11.9 Å². The molecule has 2 atom stereocenters. The molecule has 0 fully saturated rings. The van der Waals surface area contributed by atoms with Crippen LogP contribution < -0.4 is 10.6 Å². The number of carbonyl (C=O) groups excluding carboxylic acids is 1. The van der Waals surface area contributed by atoms with Crippen molar-refractivity contribution >= 4 is 12.0 Å². The number of rotatable bonds is 8. The monoisotopic (exact) mass is 282 g/mol. The number of nitrogens with zero attached hydrogens (tertiary/aromatic N) is 1. The summed E-state index contributed by atoms with van der Waals surface area (Å²) in [5.74, 6) is -0.359. The average Bonchev–Trinajstić information content (AvgIpc) is 2.94. The van der Waals surface area contributed by atoms with Crippen molar-refractivity contribution in [3.05, 3.63) is 18.2 Å². The summed E-state index contributed by atoms with van der Waals surface area (Å²) in [5.41, 5.74) is 0. The van der Waals surface area contributed by atoms with Crippen molar-refractivity contribution < 1.29 is 14.7 Å². The standard InChI is InChI=1S/C13H22N4O3/c1-3-5-6-10(12(18)19)17-13(20)16-9(4-2)11-14-7-8-15-11/h7-10H,3-6H2,1-2H3,(H,14,15)(H,18,19)(H2,16,17,20)/t9?,10-/m0/s1. The molecule has 0 aliphatic rings. The Morgan fingerprint density at radius 2 is 2.15 bits per heavy atom. The summed E-state index contributed by atoms with van der Waals surface area (Å²) in [6, 6.07) is -1.61. The molecule has 0 saturated heterocycles. The molecule has 2 amide bonds. The van der Waals surface area contributed by atoms with Gasteiger partial charge in [0.05, 0.1) is 6.04 Å². The Labute approximate surface area is 118 Å². The van der Waals surface area contributed by atoms with Crippen LogP contribution in [0.3, 0.4) is 0 Å². The normalized spacial score (nSPS) is 13.5. The van der Waals surface area contributed by atoms with Gasteiger partial charge in [-0.15, -0.1) is 0 Å². The molecule has 1 aromatic rings. The van der Waals surface area contributed by atoms with Crippen molar-refractivity contribution in [2.24, 2.45) is 0 Å². The van der Waals surface area contributed by atoms with Crippen LogP contribution in [-0.2, 0) is 4.79 Å². The Kier molecular flexibility index (Phi) is 6.55. The highest BCUT2D eigenvalue weighted by atomic mass is 16.4. The van der Waals surface area contributed by atoms with Gasteiger partial charge in [0.15, 0.2) is 0 Å². The molecule has 0 radical (unpaired) electrons. The molecule has 1 aromatic heterocycles. The summed E-state index contributed by atoms with van der Waals surface area (Å²) in [5, 5.41) is 14.3. The molecule has 0 aliphatic carbocycles. The largest absolute Gasteiger partial charge is 0.480 e. The maximum absolute atomic E-state index is 11.9. The van der Waals surface area contributed by atoms with Crippen molar-refractivity contribution in [1.29, 1.82) is 0 Å². The van der Waals surface area contributed by atoms with Gasteiger partial charge < -0.3 is 20.7 Å². The molecular weight excluding hydrogens is 260 g/mol. The summed E-state index contributed by atoms with van der Waals surface area (Å²) in [6.45, 7) is 3.89. The minimum Gasteiger partial charge on any atom is -0.480 e.